The van der Waals surface area contributed by atoms with Gasteiger partial charge in [-0.25, -0.2) is 13.1 Å². The van der Waals surface area contributed by atoms with Gasteiger partial charge < -0.3 is 5.73 Å². The second kappa shape index (κ2) is 6.67. The quantitative estimate of drug-likeness (QED) is 0.627. The van der Waals surface area contributed by atoms with Crippen LogP contribution >= 0.6 is 15.9 Å². The number of nitrogens with one attached hydrogen (secondary N) is 1. The van der Waals surface area contributed by atoms with Gasteiger partial charge in [-0.3, -0.25) is 0 Å². The number of benzene rings is 1. The Labute approximate surface area is 135 Å². The van der Waals surface area contributed by atoms with Crippen molar-refractivity contribution < 1.29 is 8.42 Å². The lowest BCUT2D eigenvalue weighted by Gasteiger charge is -2.18. The fourth-order valence-corrected chi connectivity index (χ4v) is 5.07. The number of nitrogen functional groups attached to an aromatic ring is 1. The normalized spacial score (nSPS) is 23.8. The molecular weight excluding hydrogens is 352 g/mol. The maximum absolute atomic E-state index is 12.6. The molecule has 0 amide bonds. The maximum Gasteiger partial charge on any atom is 0.241 e. The molecule has 118 valence electrons. The second-order valence-electron chi connectivity index (χ2n) is 6.05. The summed E-state index contributed by atoms with van der Waals surface area (Å²) in [6.45, 7) is 3.97. The van der Waals surface area contributed by atoms with Gasteiger partial charge in [0.1, 0.15) is 0 Å². The second-order valence-corrected chi connectivity index (χ2v) is 8.65. The Balaban J connectivity index is 2.22. The maximum atomic E-state index is 12.6. The van der Waals surface area contributed by atoms with Crippen molar-refractivity contribution in [2.75, 3.05) is 5.73 Å². The largest absolute Gasteiger partial charge is 0.398 e. The van der Waals surface area contributed by atoms with E-state index < -0.39 is 10.0 Å². The van der Waals surface area contributed by atoms with Gasteiger partial charge in [0.15, 0.2) is 0 Å². The first-order valence-corrected chi connectivity index (χ1v) is 9.65. The number of nitrogens with two attached hydrogens (primary N) is 1. The number of hydrogen-bond acceptors (Lipinski definition) is 3. The number of halogens is 1. The van der Waals surface area contributed by atoms with Crippen molar-refractivity contribution in [3.05, 3.63) is 22.2 Å². The zero-order valence-electron chi connectivity index (χ0n) is 12.5. The van der Waals surface area contributed by atoms with Crippen LogP contribution in [0.15, 0.2) is 21.5 Å². The van der Waals surface area contributed by atoms with E-state index in [0.717, 1.165) is 25.7 Å². The minimum absolute atomic E-state index is 0.0274. The van der Waals surface area contributed by atoms with Gasteiger partial charge in [0, 0.05) is 16.2 Å². The van der Waals surface area contributed by atoms with Gasteiger partial charge >= 0.3 is 0 Å². The van der Waals surface area contributed by atoms with Crippen LogP contribution < -0.4 is 10.5 Å². The molecule has 0 bridgehead atoms. The van der Waals surface area contributed by atoms with Crippen LogP contribution in [0, 0.1) is 12.8 Å². The molecule has 0 heterocycles. The molecule has 0 radical (unpaired) electrons. The van der Waals surface area contributed by atoms with E-state index in [0.29, 0.717) is 21.6 Å². The summed E-state index contributed by atoms with van der Waals surface area (Å²) in [5.74, 6) is 0.683. The molecule has 1 saturated carbocycles. The topological polar surface area (TPSA) is 72.2 Å². The Morgan fingerprint density at radius 2 is 1.95 bits per heavy atom. The first-order chi connectivity index (χ1) is 9.79. The number of sulfonamides is 1. The van der Waals surface area contributed by atoms with Crippen LogP contribution in [0.3, 0.4) is 0 Å². The molecule has 6 heteroatoms. The highest BCUT2D eigenvalue weighted by Gasteiger charge is 2.24. The van der Waals surface area contributed by atoms with Gasteiger partial charge in [0.05, 0.1) is 4.90 Å². The van der Waals surface area contributed by atoms with Gasteiger partial charge in [0.2, 0.25) is 10.0 Å². The van der Waals surface area contributed by atoms with Crippen molar-refractivity contribution in [1.29, 1.82) is 0 Å². The monoisotopic (exact) mass is 374 g/mol. The van der Waals surface area contributed by atoms with Crippen molar-refractivity contribution >= 4 is 31.6 Å². The molecule has 0 saturated heterocycles. The van der Waals surface area contributed by atoms with Gasteiger partial charge in [-0.2, -0.15) is 0 Å². The summed E-state index contributed by atoms with van der Waals surface area (Å²) in [5, 5.41) is 0. The molecular formula is C15H23BrN2O2S. The van der Waals surface area contributed by atoms with Crippen LogP contribution in [0.25, 0.3) is 0 Å². The van der Waals surface area contributed by atoms with E-state index in [2.05, 4.69) is 27.6 Å². The highest BCUT2D eigenvalue weighted by molar-refractivity contribution is 9.10. The third-order valence-corrected chi connectivity index (χ3v) is 6.34. The molecule has 1 aliphatic rings. The number of hydrogen-bond donors (Lipinski definition) is 2. The number of anilines is 1. The summed E-state index contributed by atoms with van der Waals surface area (Å²) in [5.41, 5.74) is 6.96. The van der Waals surface area contributed by atoms with Crippen LogP contribution in [0.1, 0.15) is 44.6 Å². The molecule has 1 aromatic rings. The molecule has 0 aromatic heterocycles. The Morgan fingerprint density at radius 3 is 2.67 bits per heavy atom. The fourth-order valence-electron chi connectivity index (χ4n) is 2.84. The van der Waals surface area contributed by atoms with Crippen molar-refractivity contribution in [3.8, 4) is 0 Å². The van der Waals surface area contributed by atoms with E-state index in [1.54, 1.807) is 19.1 Å². The standard InChI is InChI=1S/C15H23BrN2O2S/c1-10-4-3-5-13(7-6-10)18-21(19,20)15-9-12(16)8-14(17)11(15)2/h8-10,13,18H,3-7,17H2,1-2H3. The molecule has 21 heavy (non-hydrogen) atoms. The predicted molar refractivity (Wildman–Crippen MR) is 89.6 cm³/mol. The molecule has 0 spiro atoms. The minimum atomic E-state index is -3.53. The van der Waals surface area contributed by atoms with E-state index in [9.17, 15) is 8.42 Å². The van der Waals surface area contributed by atoms with Gasteiger partial charge in [-0.15, -0.1) is 0 Å². The highest BCUT2D eigenvalue weighted by Crippen LogP contribution is 2.28. The lowest BCUT2D eigenvalue weighted by Crippen LogP contribution is -2.35. The van der Waals surface area contributed by atoms with Crippen molar-refractivity contribution in [2.24, 2.45) is 5.92 Å². The lowest BCUT2D eigenvalue weighted by molar-refractivity contribution is 0.484. The highest BCUT2D eigenvalue weighted by atomic mass is 79.9. The Kier molecular flexibility index (Phi) is 5.33. The molecule has 2 unspecified atom stereocenters. The van der Waals surface area contributed by atoms with Crippen LogP contribution in [-0.2, 0) is 10.0 Å². The SMILES string of the molecule is Cc1c(N)cc(Br)cc1S(=O)(=O)NC1CCCC(C)CC1. The number of rotatable bonds is 3. The molecule has 1 fully saturated rings. The minimum Gasteiger partial charge on any atom is -0.398 e. The summed E-state index contributed by atoms with van der Waals surface area (Å²) in [7, 11) is -3.53. The zero-order valence-corrected chi connectivity index (χ0v) is 14.9. The molecule has 2 atom stereocenters. The summed E-state index contributed by atoms with van der Waals surface area (Å²) in [6, 6.07) is 3.37. The first-order valence-electron chi connectivity index (χ1n) is 7.37. The zero-order chi connectivity index (χ0) is 15.6. The Morgan fingerprint density at radius 1 is 1.24 bits per heavy atom. The summed E-state index contributed by atoms with van der Waals surface area (Å²) >= 11 is 3.31. The van der Waals surface area contributed by atoms with Gasteiger partial charge in [-0.05, 0) is 49.8 Å². The third kappa shape index (κ3) is 4.20. The van der Waals surface area contributed by atoms with Crippen molar-refractivity contribution in [3.63, 3.8) is 0 Å². The fraction of sp³-hybridized carbons (Fsp3) is 0.600. The Bertz CT molecular complexity index is 616. The van der Waals surface area contributed by atoms with E-state index in [-0.39, 0.29) is 10.9 Å². The van der Waals surface area contributed by atoms with E-state index in [1.165, 1.54) is 6.42 Å². The van der Waals surface area contributed by atoms with E-state index >= 15 is 0 Å². The summed E-state index contributed by atoms with van der Waals surface area (Å²) < 4.78 is 28.8. The molecule has 2 rings (SSSR count). The predicted octanol–water partition coefficient (Wildman–Crippen LogP) is 3.59. The average molecular weight is 375 g/mol. The van der Waals surface area contributed by atoms with Crippen LogP contribution in [0.4, 0.5) is 5.69 Å². The van der Waals surface area contributed by atoms with Gasteiger partial charge in [-0.1, -0.05) is 35.7 Å². The van der Waals surface area contributed by atoms with E-state index in [4.69, 9.17) is 5.73 Å². The molecule has 4 nitrogen and oxygen atoms in total. The van der Waals surface area contributed by atoms with E-state index in [1.807, 2.05) is 0 Å². The smallest absolute Gasteiger partial charge is 0.241 e. The van der Waals surface area contributed by atoms with Crippen molar-refractivity contribution in [1.82, 2.24) is 4.72 Å². The molecule has 1 aliphatic carbocycles. The Hall–Kier alpha value is -0.590. The average Bonchev–Trinajstić information content (AvgIpc) is 2.58. The summed E-state index contributed by atoms with van der Waals surface area (Å²) in [6.07, 6.45) is 5.15. The molecule has 0 aliphatic heterocycles. The summed E-state index contributed by atoms with van der Waals surface area (Å²) in [4.78, 5) is 0.270. The van der Waals surface area contributed by atoms with Gasteiger partial charge in [0.25, 0.3) is 0 Å². The third-order valence-electron chi connectivity index (χ3n) is 4.23. The first kappa shape index (κ1) is 16.8. The van der Waals surface area contributed by atoms with Crippen LogP contribution in [0.5, 0.6) is 0 Å². The lowest BCUT2D eigenvalue weighted by atomic mass is 10.0. The van der Waals surface area contributed by atoms with Crippen molar-refractivity contribution in [2.45, 2.75) is 56.9 Å². The van der Waals surface area contributed by atoms with Crippen LogP contribution in [-0.4, -0.2) is 14.5 Å². The molecule has 1 aromatic carbocycles. The van der Waals surface area contributed by atoms with Crippen LogP contribution in [0.2, 0.25) is 0 Å². The molecule has 3 N–H and O–H groups in total.